The Hall–Kier alpha value is -1.47. The molecule has 1 aromatic carbocycles. The smallest absolute Gasteiger partial charge is 0.240 e. The third-order valence-electron chi connectivity index (χ3n) is 5.55. The van der Waals surface area contributed by atoms with E-state index in [1.165, 1.54) is 11.1 Å². The van der Waals surface area contributed by atoms with Crippen LogP contribution in [0.3, 0.4) is 0 Å². The minimum absolute atomic E-state index is 0.0218. The van der Waals surface area contributed by atoms with Gasteiger partial charge in [0.05, 0.1) is 25.4 Å². The number of amides is 1. The largest absolute Gasteiger partial charge is 0.395 e. The zero-order chi connectivity index (χ0) is 18.4. The normalized spacial score (nSPS) is 24.7. The van der Waals surface area contributed by atoms with Gasteiger partial charge in [0.25, 0.3) is 0 Å². The average Bonchev–Trinajstić information content (AvgIpc) is 3.02. The number of hydrogen-bond donors (Lipinski definition) is 2. The fourth-order valence-electron chi connectivity index (χ4n) is 3.95. The summed E-state index contributed by atoms with van der Waals surface area (Å²) in [6, 6.07) is 8.70. The van der Waals surface area contributed by atoms with Crippen molar-refractivity contribution in [1.82, 2.24) is 15.1 Å². The Balaban J connectivity index is 1.63. The summed E-state index contributed by atoms with van der Waals surface area (Å²) in [6.07, 6.45) is 1.88. The monoisotopic (exact) mass is 361 g/mol. The van der Waals surface area contributed by atoms with Crippen molar-refractivity contribution in [3.8, 4) is 0 Å². The predicted octanol–water partition coefficient (Wildman–Crippen LogP) is 0.982. The van der Waals surface area contributed by atoms with Gasteiger partial charge in [0, 0.05) is 32.7 Å². The van der Waals surface area contributed by atoms with E-state index in [9.17, 15) is 4.79 Å². The van der Waals surface area contributed by atoms with Crippen molar-refractivity contribution < 1.29 is 14.6 Å². The molecule has 0 aliphatic carbocycles. The Labute approximate surface area is 156 Å². The second-order valence-electron chi connectivity index (χ2n) is 7.49. The number of carbonyl (C=O) groups excluding carboxylic acids is 1. The fourth-order valence-corrected chi connectivity index (χ4v) is 3.95. The number of carbonyl (C=O) groups is 1. The van der Waals surface area contributed by atoms with Gasteiger partial charge >= 0.3 is 0 Å². The number of morpholine rings is 1. The van der Waals surface area contributed by atoms with Gasteiger partial charge < -0.3 is 15.2 Å². The van der Waals surface area contributed by atoms with Gasteiger partial charge in [-0.2, -0.15) is 0 Å². The highest BCUT2D eigenvalue weighted by atomic mass is 16.5. The summed E-state index contributed by atoms with van der Waals surface area (Å²) in [7, 11) is 0. The standard InChI is InChI=1S/C20H31N3O3/c1-20(19(25)21-7-11-24)6-3-8-23(20)16-18-5-2-4-17(14-18)15-22-9-12-26-13-10-22/h2,4-5,14,24H,3,6-13,15-16H2,1H3,(H,21,25)/t20-/m0/s1. The van der Waals surface area contributed by atoms with E-state index in [0.717, 1.165) is 58.8 Å². The number of benzene rings is 1. The van der Waals surface area contributed by atoms with Gasteiger partial charge in [0.1, 0.15) is 0 Å². The van der Waals surface area contributed by atoms with Crippen LogP contribution in [-0.4, -0.2) is 72.4 Å². The molecular formula is C20H31N3O3. The Morgan fingerprint density at radius 3 is 2.69 bits per heavy atom. The SMILES string of the molecule is C[C@@]1(C(=O)NCCO)CCCN1Cc1cccc(CN2CCOCC2)c1. The highest BCUT2D eigenvalue weighted by Gasteiger charge is 2.42. The van der Waals surface area contributed by atoms with Crippen LogP contribution in [0.1, 0.15) is 30.9 Å². The first kappa shape index (κ1) is 19.3. The lowest BCUT2D eigenvalue weighted by Gasteiger charge is -2.34. The first-order valence-electron chi connectivity index (χ1n) is 9.64. The van der Waals surface area contributed by atoms with Crippen molar-refractivity contribution in [3.05, 3.63) is 35.4 Å². The maximum atomic E-state index is 12.6. The summed E-state index contributed by atoms with van der Waals surface area (Å²) in [6.45, 7) is 8.57. The number of hydrogen-bond acceptors (Lipinski definition) is 5. The minimum Gasteiger partial charge on any atom is -0.395 e. The highest BCUT2D eigenvalue weighted by Crippen LogP contribution is 2.31. The molecule has 0 unspecified atom stereocenters. The van der Waals surface area contributed by atoms with Crippen molar-refractivity contribution in [3.63, 3.8) is 0 Å². The lowest BCUT2D eigenvalue weighted by atomic mass is 9.97. The van der Waals surface area contributed by atoms with Crippen molar-refractivity contribution >= 4 is 5.91 Å². The third-order valence-corrected chi connectivity index (χ3v) is 5.55. The number of likely N-dealkylation sites (tertiary alicyclic amines) is 1. The molecule has 0 saturated carbocycles. The molecule has 2 aliphatic rings. The number of aliphatic hydroxyl groups excluding tert-OH is 1. The van der Waals surface area contributed by atoms with Crippen molar-refractivity contribution in [1.29, 1.82) is 0 Å². The van der Waals surface area contributed by atoms with Gasteiger partial charge in [-0.1, -0.05) is 24.3 Å². The Morgan fingerprint density at radius 2 is 1.96 bits per heavy atom. The molecule has 0 radical (unpaired) electrons. The number of aliphatic hydroxyl groups is 1. The molecule has 144 valence electrons. The average molecular weight is 361 g/mol. The molecule has 1 aromatic rings. The number of ether oxygens (including phenoxy) is 1. The second kappa shape index (κ2) is 8.95. The molecule has 2 saturated heterocycles. The van der Waals surface area contributed by atoms with Gasteiger partial charge in [0.15, 0.2) is 0 Å². The van der Waals surface area contributed by atoms with Crippen LogP contribution in [0.4, 0.5) is 0 Å². The fraction of sp³-hybridized carbons (Fsp3) is 0.650. The first-order chi connectivity index (χ1) is 12.6. The van der Waals surface area contributed by atoms with Crippen LogP contribution in [0.25, 0.3) is 0 Å². The molecule has 6 heteroatoms. The molecule has 2 fully saturated rings. The molecule has 3 rings (SSSR count). The maximum absolute atomic E-state index is 12.6. The summed E-state index contributed by atoms with van der Waals surface area (Å²) in [5.74, 6) is 0.0218. The highest BCUT2D eigenvalue weighted by molar-refractivity contribution is 5.86. The number of nitrogens with one attached hydrogen (secondary N) is 1. The lowest BCUT2D eigenvalue weighted by molar-refractivity contribution is -0.131. The quantitative estimate of drug-likeness (QED) is 0.758. The molecule has 1 amide bonds. The van der Waals surface area contributed by atoms with Gasteiger partial charge in [-0.15, -0.1) is 0 Å². The van der Waals surface area contributed by atoms with Crippen LogP contribution >= 0.6 is 0 Å². The molecule has 2 heterocycles. The summed E-state index contributed by atoms with van der Waals surface area (Å²) in [5.41, 5.74) is 2.07. The topological polar surface area (TPSA) is 65.0 Å². The first-order valence-corrected chi connectivity index (χ1v) is 9.64. The van der Waals surface area contributed by atoms with E-state index >= 15 is 0 Å². The van der Waals surface area contributed by atoms with Crippen molar-refractivity contribution in [2.75, 3.05) is 46.0 Å². The van der Waals surface area contributed by atoms with Gasteiger partial charge in [0.2, 0.25) is 5.91 Å². The summed E-state index contributed by atoms with van der Waals surface area (Å²) in [5, 5.41) is 11.8. The zero-order valence-electron chi connectivity index (χ0n) is 15.7. The van der Waals surface area contributed by atoms with Crippen molar-refractivity contribution in [2.45, 2.75) is 38.4 Å². The predicted molar refractivity (Wildman–Crippen MR) is 101 cm³/mol. The second-order valence-corrected chi connectivity index (χ2v) is 7.49. The number of rotatable bonds is 7. The molecule has 0 spiro atoms. The summed E-state index contributed by atoms with van der Waals surface area (Å²) < 4.78 is 5.42. The van der Waals surface area contributed by atoms with E-state index in [4.69, 9.17) is 9.84 Å². The molecule has 2 aliphatic heterocycles. The third kappa shape index (κ3) is 4.62. The van der Waals surface area contributed by atoms with E-state index in [1.807, 2.05) is 6.92 Å². The minimum atomic E-state index is -0.491. The van der Waals surface area contributed by atoms with Crippen LogP contribution in [0.5, 0.6) is 0 Å². The molecule has 0 aromatic heterocycles. The van der Waals surface area contributed by atoms with E-state index < -0.39 is 5.54 Å². The Morgan fingerprint density at radius 1 is 1.23 bits per heavy atom. The van der Waals surface area contributed by atoms with Gasteiger partial charge in [-0.25, -0.2) is 0 Å². The van der Waals surface area contributed by atoms with Gasteiger partial charge in [-0.3, -0.25) is 14.6 Å². The molecular weight excluding hydrogens is 330 g/mol. The zero-order valence-corrected chi connectivity index (χ0v) is 15.7. The van der Waals surface area contributed by atoms with E-state index in [2.05, 4.69) is 39.4 Å². The van der Waals surface area contributed by atoms with E-state index in [-0.39, 0.29) is 12.5 Å². The molecule has 1 atom stereocenters. The van der Waals surface area contributed by atoms with Crippen LogP contribution in [-0.2, 0) is 22.6 Å². The van der Waals surface area contributed by atoms with Crippen LogP contribution < -0.4 is 5.32 Å². The molecule has 6 nitrogen and oxygen atoms in total. The van der Waals surface area contributed by atoms with Crippen LogP contribution in [0, 0.1) is 0 Å². The molecule has 26 heavy (non-hydrogen) atoms. The Bertz CT molecular complexity index is 604. The van der Waals surface area contributed by atoms with E-state index in [1.54, 1.807) is 0 Å². The van der Waals surface area contributed by atoms with Crippen LogP contribution in [0.15, 0.2) is 24.3 Å². The summed E-state index contributed by atoms with van der Waals surface area (Å²) in [4.78, 5) is 17.3. The molecule has 0 bridgehead atoms. The number of nitrogens with zero attached hydrogens (tertiary/aromatic N) is 2. The summed E-state index contributed by atoms with van der Waals surface area (Å²) >= 11 is 0. The Kier molecular flexibility index (Phi) is 6.64. The van der Waals surface area contributed by atoms with Crippen molar-refractivity contribution in [2.24, 2.45) is 0 Å². The van der Waals surface area contributed by atoms with E-state index in [0.29, 0.717) is 6.54 Å². The maximum Gasteiger partial charge on any atom is 0.240 e. The van der Waals surface area contributed by atoms with Gasteiger partial charge in [-0.05, 0) is 37.4 Å². The lowest BCUT2D eigenvalue weighted by Crippen LogP contribution is -2.53. The molecule has 2 N–H and O–H groups in total. The van der Waals surface area contributed by atoms with Crippen LogP contribution in [0.2, 0.25) is 0 Å².